The van der Waals surface area contributed by atoms with Gasteiger partial charge in [-0.05, 0) is 221 Å². The van der Waals surface area contributed by atoms with Crippen LogP contribution >= 0.6 is 0 Å². The van der Waals surface area contributed by atoms with Gasteiger partial charge in [-0.2, -0.15) is 0 Å². The zero-order valence-corrected chi connectivity index (χ0v) is 67.2. The Morgan fingerprint density at radius 3 is 0.752 bits per heavy atom. The van der Waals surface area contributed by atoms with E-state index in [0.717, 1.165) is 174 Å². The molecule has 0 unspecified atom stereocenters. The van der Waals surface area contributed by atoms with Crippen LogP contribution in [0.5, 0.6) is 69.0 Å². The third kappa shape index (κ3) is 12.9. The minimum absolute atomic E-state index is 0.00668. The second-order valence-corrected chi connectivity index (χ2v) is 32.1. The van der Waals surface area contributed by atoms with Crippen LogP contribution < -0.4 is 77.6 Å². The fourth-order valence-electron chi connectivity index (χ4n) is 18.9. The summed E-state index contributed by atoms with van der Waals surface area (Å²) in [6.07, 6.45) is 0. The van der Waals surface area contributed by atoms with Crippen molar-refractivity contribution in [2.45, 2.75) is 27.7 Å². The van der Waals surface area contributed by atoms with Crippen molar-refractivity contribution in [3.05, 3.63) is 417 Å². The largest absolute Gasteiger partial charge is 0.458 e. The standard InChI is InChI=1S/C38H27BO2.2C37H25BO2/c1-24-11-6-8-15-29(24)27-19-20-32-34(21-27)40-35-22-28(26-13-4-3-5-14-26)23-36-37(35)39(32)33-18-10-17-31(38(33)41-36)30-16-9-7-12-25(30)2;1-24-11-8-9-16-29(24)28-22-34-36-35(23-28)40-37-30(26-14-6-3-7-15-26)17-10-18-32(37)38(36)31-20-19-27(21-33(31)39-34)25-12-4-2-5-13-25;1-24-11-8-9-16-29(24)30-17-10-18-32-37(30)40-35-23-28(26-14-6-3-7-15-26)22-34-36(35)38(32)31-20-19-27(21-33(31)39-34)25-12-4-2-5-13-25/h3-23H,1-2H3;2*2-23H,1H3. The summed E-state index contributed by atoms with van der Waals surface area (Å²) in [5, 5.41) is 0. The number of ether oxygens (including phenoxy) is 6. The maximum Gasteiger partial charge on any atom is 0.260 e. The summed E-state index contributed by atoms with van der Waals surface area (Å²) in [5.41, 5.74) is 35.7. The molecule has 0 spiro atoms. The van der Waals surface area contributed by atoms with Crippen molar-refractivity contribution in [2.24, 2.45) is 0 Å². The highest BCUT2D eigenvalue weighted by Gasteiger charge is 2.45. The molecule has 0 bridgehead atoms. The summed E-state index contributed by atoms with van der Waals surface area (Å²) in [6.45, 7) is 8.65. The molecular formula is C112H77B3O6. The van der Waals surface area contributed by atoms with Gasteiger partial charge in [-0.25, -0.2) is 0 Å². The number of rotatable bonds is 9. The Morgan fingerprint density at radius 2 is 0.397 bits per heavy atom. The van der Waals surface area contributed by atoms with Gasteiger partial charge in [0.2, 0.25) is 0 Å². The Kier molecular flexibility index (Phi) is 18.0. The molecule has 0 fully saturated rings. The van der Waals surface area contributed by atoms with Crippen molar-refractivity contribution in [2.75, 3.05) is 0 Å². The van der Waals surface area contributed by atoms with E-state index in [4.69, 9.17) is 28.4 Å². The van der Waals surface area contributed by atoms with Crippen LogP contribution in [0.1, 0.15) is 22.3 Å². The van der Waals surface area contributed by atoms with E-state index in [1.165, 1.54) is 66.6 Å². The lowest BCUT2D eigenvalue weighted by molar-refractivity contribution is 0.465. The molecule has 6 nitrogen and oxygen atoms in total. The van der Waals surface area contributed by atoms with Crippen molar-refractivity contribution in [3.8, 4) is 169 Å². The van der Waals surface area contributed by atoms with E-state index in [9.17, 15) is 0 Å². The first-order chi connectivity index (χ1) is 59.6. The Bertz CT molecular complexity index is 7150. The Hall–Kier alpha value is -15.0. The molecule has 0 saturated carbocycles. The number of aryl methyl sites for hydroxylation is 4. The van der Waals surface area contributed by atoms with Gasteiger partial charge in [-0.15, -0.1) is 0 Å². The SMILES string of the molecule is Cc1ccccc1-c1cc2c3c(c1)Oc1c(cccc1-c1ccccc1)B3c1ccc(-c3ccccc3)cc1O2.Cc1ccccc1-c1ccc2c(c1)Oc1cc(-c3ccccc3)cc3c1B2c1cccc(-c2ccccc2C)c1O3.Cc1ccccc1-c1cccc2c1Oc1cc(-c3ccccc3)cc3c1B2c1ccc(-c2ccccc2)cc1O3. The number of fused-ring (bicyclic) bond motifs is 12. The minimum atomic E-state index is 0.00668. The first-order valence-electron chi connectivity index (χ1n) is 41.6. The Balaban J connectivity index is 0.000000109. The van der Waals surface area contributed by atoms with Crippen LogP contribution in [0.3, 0.4) is 0 Å². The van der Waals surface area contributed by atoms with Crippen LogP contribution in [0.2, 0.25) is 0 Å². The summed E-state index contributed by atoms with van der Waals surface area (Å²) in [4.78, 5) is 0. The average molecular weight is 1550 g/mol. The van der Waals surface area contributed by atoms with Gasteiger partial charge >= 0.3 is 0 Å². The average Bonchev–Trinajstić information content (AvgIpc) is 0.725. The molecule has 0 radical (unpaired) electrons. The molecule has 6 aliphatic rings. The Morgan fingerprint density at radius 1 is 0.149 bits per heavy atom. The molecule has 0 aliphatic carbocycles. The zero-order chi connectivity index (χ0) is 80.8. The Labute approximate surface area is 706 Å². The molecule has 9 heteroatoms. The van der Waals surface area contributed by atoms with Crippen molar-refractivity contribution >= 4 is 69.3 Å². The topological polar surface area (TPSA) is 55.4 Å². The molecule has 6 heterocycles. The highest BCUT2D eigenvalue weighted by Crippen LogP contribution is 2.48. The molecule has 0 saturated heterocycles. The lowest BCUT2D eigenvalue weighted by Crippen LogP contribution is -2.57. The fourth-order valence-corrected chi connectivity index (χ4v) is 18.9. The van der Waals surface area contributed by atoms with Gasteiger partial charge < -0.3 is 28.4 Å². The number of hydrogen-bond acceptors (Lipinski definition) is 6. The summed E-state index contributed by atoms with van der Waals surface area (Å²) >= 11 is 0. The zero-order valence-electron chi connectivity index (χ0n) is 67.2. The summed E-state index contributed by atoms with van der Waals surface area (Å²) in [7, 11) is 0. The van der Waals surface area contributed by atoms with Gasteiger partial charge in [0.05, 0.1) is 0 Å². The highest BCUT2D eigenvalue weighted by atomic mass is 16.5. The summed E-state index contributed by atoms with van der Waals surface area (Å²) in [6, 6.07) is 139. The fraction of sp³-hybridized carbons (Fsp3) is 0.0357. The molecule has 570 valence electrons. The van der Waals surface area contributed by atoms with Gasteiger partial charge in [-0.1, -0.05) is 340 Å². The summed E-state index contributed by atoms with van der Waals surface area (Å²) < 4.78 is 40.8. The molecule has 6 aliphatic heterocycles. The van der Waals surface area contributed by atoms with Gasteiger partial charge in [0.1, 0.15) is 69.0 Å². The van der Waals surface area contributed by atoms with Crippen LogP contribution in [0.25, 0.3) is 100 Å². The van der Waals surface area contributed by atoms with Crippen LogP contribution in [-0.4, -0.2) is 20.1 Å². The molecular weight excluding hydrogens is 1470 g/mol. The van der Waals surface area contributed by atoms with Crippen molar-refractivity contribution in [1.29, 1.82) is 0 Å². The molecule has 18 aromatic carbocycles. The first kappa shape index (κ1) is 72.4. The molecule has 24 rings (SSSR count). The van der Waals surface area contributed by atoms with Crippen LogP contribution in [0.4, 0.5) is 0 Å². The molecule has 121 heavy (non-hydrogen) atoms. The van der Waals surface area contributed by atoms with Crippen LogP contribution in [0, 0.1) is 27.7 Å². The molecule has 0 atom stereocenters. The van der Waals surface area contributed by atoms with E-state index < -0.39 is 0 Å². The predicted octanol–water partition coefficient (Wildman–Crippen LogP) is 23.5. The quantitative estimate of drug-likeness (QED) is 0.134. The second kappa shape index (κ2) is 30.2. The van der Waals surface area contributed by atoms with E-state index in [0.29, 0.717) is 0 Å². The predicted molar refractivity (Wildman–Crippen MR) is 500 cm³/mol. The third-order valence-electron chi connectivity index (χ3n) is 24.8. The molecule has 0 amide bonds. The lowest BCUT2D eigenvalue weighted by atomic mass is 9.34. The van der Waals surface area contributed by atoms with Crippen molar-refractivity contribution < 1.29 is 28.4 Å². The summed E-state index contributed by atoms with van der Waals surface area (Å²) in [5.74, 6) is 10.6. The number of benzene rings is 18. The van der Waals surface area contributed by atoms with E-state index in [1.807, 2.05) is 24.3 Å². The van der Waals surface area contributed by atoms with Crippen LogP contribution in [0.15, 0.2) is 394 Å². The van der Waals surface area contributed by atoms with Gasteiger partial charge in [0.15, 0.2) is 0 Å². The van der Waals surface area contributed by atoms with Gasteiger partial charge in [0.25, 0.3) is 20.1 Å². The minimum Gasteiger partial charge on any atom is -0.458 e. The maximum absolute atomic E-state index is 6.87. The van der Waals surface area contributed by atoms with E-state index >= 15 is 0 Å². The van der Waals surface area contributed by atoms with Crippen molar-refractivity contribution in [1.82, 2.24) is 0 Å². The second-order valence-electron chi connectivity index (χ2n) is 32.1. The monoisotopic (exact) mass is 1550 g/mol. The molecule has 18 aromatic rings. The maximum atomic E-state index is 6.87. The van der Waals surface area contributed by atoms with Gasteiger partial charge in [-0.3, -0.25) is 0 Å². The van der Waals surface area contributed by atoms with E-state index in [-0.39, 0.29) is 20.1 Å². The first-order valence-corrected chi connectivity index (χ1v) is 41.6. The third-order valence-corrected chi connectivity index (χ3v) is 24.8. The normalized spacial score (nSPS) is 12.5. The van der Waals surface area contributed by atoms with Gasteiger partial charge in [0, 0.05) is 33.1 Å². The number of para-hydroxylation sites is 3. The van der Waals surface area contributed by atoms with Crippen LogP contribution in [-0.2, 0) is 0 Å². The number of hydrogen-bond donors (Lipinski definition) is 0. The lowest BCUT2D eigenvalue weighted by Gasteiger charge is -2.34. The van der Waals surface area contributed by atoms with Crippen molar-refractivity contribution in [3.63, 3.8) is 0 Å². The molecule has 0 N–H and O–H groups in total. The highest BCUT2D eigenvalue weighted by molar-refractivity contribution is 7.00. The van der Waals surface area contributed by atoms with E-state index in [1.54, 1.807) is 0 Å². The van der Waals surface area contributed by atoms with E-state index in [2.05, 4.69) is 398 Å². The smallest absolute Gasteiger partial charge is 0.260 e. The molecule has 0 aromatic heterocycles.